The number of hydrogen-bond acceptors (Lipinski definition) is 4. The molecule has 1 aromatic rings. The number of nitrogens with one attached hydrogen (secondary N) is 1. The van der Waals surface area contributed by atoms with Crippen LogP contribution < -0.4 is 5.32 Å². The van der Waals surface area contributed by atoms with E-state index in [1.807, 2.05) is 0 Å². The van der Waals surface area contributed by atoms with E-state index in [-0.39, 0.29) is 11.6 Å². The Kier molecular flexibility index (Phi) is 5.22. The van der Waals surface area contributed by atoms with Gasteiger partial charge in [0, 0.05) is 23.7 Å². The second-order valence-corrected chi connectivity index (χ2v) is 4.81. The average Bonchev–Trinajstić information content (AvgIpc) is 2.29. The van der Waals surface area contributed by atoms with Gasteiger partial charge in [-0.05, 0) is 25.5 Å². The molecule has 5 nitrogen and oxygen atoms in total. The number of aromatic nitrogens is 1. The van der Waals surface area contributed by atoms with Gasteiger partial charge in [-0.1, -0.05) is 20.8 Å². The van der Waals surface area contributed by atoms with E-state index in [2.05, 4.69) is 38.0 Å². The third-order valence-electron chi connectivity index (χ3n) is 3.11. The summed E-state index contributed by atoms with van der Waals surface area (Å²) < 4.78 is 0. The quantitative estimate of drug-likeness (QED) is 0.623. The molecule has 2 atom stereocenters. The number of likely N-dealkylation sites (N-methyl/N-ethyl adjacent to an activating group) is 1. The van der Waals surface area contributed by atoms with Crippen LogP contribution in [0.4, 0.5) is 5.69 Å². The third-order valence-corrected chi connectivity index (χ3v) is 3.11. The predicted octanol–water partition coefficient (Wildman–Crippen LogP) is 2.73. The fourth-order valence-corrected chi connectivity index (χ4v) is 2.33. The minimum Gasteiger partial charge on any atom is -0.314 e. The molecule has 0 aliphatic rings. The van der Waals surface area contributed by atoms with Gasteiger partial charge < -0.3 is 5.32 Å². The Morgan fingerprint density at radius 2 is 2.06 bits per heavy atom. The number of nitrogens with zero attached hydrogens (tertiary/aromatic N) is 2. The molecule has 5 heteroatoms. The summed E-state index contributed by atoms with van der Waals surface area (Å²) in [5.41, 5.74) is 0.946. The highest BCUT2D eigenvalue weighted by Gasteiger charge is 2.23. The van der Waals surface area contributed by atoms with E-state index < -0.39 is 4.92 Å². The highest BCUT2D eigenvalue weighted by atomic mass is 16.6. The lowest BCUT2D eigenvalue weighted by molar-refractivity contribution is -0.385. The van der Waals surface area contributed by atoms with Crippen LogP contribution in [0, 0.1) is 16.0 Å². The van der Waals surface area contributed by atoms with Gasteiger partial charge in [0.15, 0.2) is 0 Å². The molecule has 18 heavy (non-hydrogen) atoms. The van der Waals surface area contributed by atoms with Crippen molar-refractivity contribution in [2.75, 3.05) is 6.54 Å². The Morgan fingerprint density at radius 3 is 2.44 bits per heavy atom. The number of hydrogen-bond donors (Lipinski definition) is 1. The first-order valence-electron chi connectivity index (χ1n) is 6.31. The van der Waals surface area contributed by atoms with E-state index in [9.17, 15) is 10.1 Å². The van der Waals surface area contributed by atoms with Gasteiger partial charge in [0.1, 0.15) is 6.20 Å². The Morgan fingerprint density at radius 1 is 1.39 bits per heavy atom. The molecule has 0 saturated carbocycles. The highest BCUT2D eigenvalue weighted by Crippen LogP contribution is 2.27. The summed E-state index contributed by atoms with van der Waals surface area (Å²) in [4.78, 5) is 14.4. The van der Waals surface area contributed by atoms with Crippen LogP contribution in [0.3, 0.4) is 0 Å². The second kappa shape index (κ2) is 6.44. The van der Waals surface area contributed by atoms with Crippen LogP contribution in [0.1, 0.15) is 39.3 Å². The Balaban J connectivity index is 2.95. The number of pyridine rings is 1. The molecule has 1 N–H and O–H groups in total. The maximum absolute atomic E-state index is 10.6. The Hall–Kier alpha value is -1.49. The molecule has 0 aromatic carbocycles. The fourth-order valence-electron chi connectivity index (χ4n) is 2.33. The van der Waals surface area contributed by atoms with Crippen LogP contribution in [0.2, 0.25) is 0 Å². The van der Waals surface area contributed by atoms with Crippen molar-refractivity contribution in [2.45, 2.75) is 39.7 Å². The summed E-state index contributed by atoms with van der Waals surface area (Å²) in [5, 5.41) is 14.0. The van der Waals surface area contributed by atoms with Crippen molar-refractivity contribution in [2.24, 2.45) is 5.92 Å². The molecule has 2 unspecified atom stereocenters. The zero-order valence-corrected chi connectivity index (χ0v) is 11.4. The molecule has 100 valence electrons. The second-order valence-electron chi connectivity index (χ2n) is 4.81. The largest absolute Gasteiger partial charge is 0.314 e. The summed E-state index contributed by atoms with van der Waals surface area (Å²) in [5.74, 6) is 0.679. The van der Waals surface area contributed by atoms with Crippen LogP contribution in [0.15, 0.2) is 18.3 Å². The van der Waals surface area contributed by atoms with Gasteiger partial charge >= 0.3 is 0 Å². The summed E-state index contributed by atoms with van der Waals surface area (Å²) in [7, 11) is 0. The van der Waals surface area contributed by atoms with Gasteiger partial charge in [0.2, 0.25) is 0 Å². The molecular weight excluding hydrogens is 230 g/mol. The van der Waals surface area contributed by atoms with E-state index >= 15 is 0 Å². The van der Waals surface area contributed by atoms with Crippen molar-refractivity contribution >= 4 is 5.69 Å². The topological polar surface area (TPSA) is 68.1 Å². The fraction of sp³-hybridized carbons (Fsp3) is 0.615. The van der Waals surface area contributed by atoms with Crippen molar-refractivity contribution in [3.05, 3.63) is 34.1 Å². The van der Waals surface area contributed by atoms with Gasteiger partial charge in [0.25, 0.3) is 5.69 Å². The SMILES string of the molecule is CCNC(C)C(c1ccc([N+](=O)[O-])cn1)C(C)C. The van der Waals surface area contributed by atoms with E-state index in [1.165, 1.54) is 12.3 Å². The van der Waals surface area contributed by atoms with E-state index in [1.54, 1.807) is 6.07 Å². The van der Waals surface area contributed by atoms with E-state index in [0.29, 0.717) is 12.0 Å². The smallest absolute Gasteiger partial charge is 0.287 e. The number of nitro groups is 1. The van der Waals surface area contributed by atoms with Crippen molar-refractivity contribution in [1.82, 2.24) is 10.3 Å². The van der Waals surface area contributed by atoms with Gasteiger partial charge in [-0.2, -0.15) is 0 Å². The maximum atomic E-state index is 10.6. The average molecular weight is 251 g/mol. The molecule has 0 aliphatic carbocycles. The van der Waals surface area contributed by atoms with Crippen molar-refractivity contribution in [3.63, 3.8) is 0 Å². The van der Waals surface area contributed by atoms with Crippen LogP contribution >= 0.6 is 0 Å². The molecule has 0 saturated heterocycles. The lowest BCUT2D eigenvalue weighted by atomic mass is 9.86. The van der Waals surface area contributed by atoms with Crippen LogP contribution in [0.5, 0.6) is 0 Å². The molecule has 0 spiro atoms. The monoisotopic (exact) mass is 251 g/mol. The van der Waals surface area contributed by atoms with Gasteiger partial charge in [0.05, 0.1) is 4.92 Å². The van der Waals surface area contributed by atoms with Crippen LogP contribution in [-0.2, 0) is 0 Å². The maximum Gasteiger partial charge on any atom is 0.287 e. The molecule has 1 rings (SSSR count). The first-order chi connectivity index (χ1) is 8.47. The lowest BCUT2D eigenvalue weighted by Crippen LogP contribution is -2.34. The molecule has 0 amide bonds. The summed E-state index contributed by atoms with van der Waals surface area (Å²) in [6.45, 7) is 9.37. The minimum atomic E-state index is -0.422. The minimum absolute atomic E-state index is 0.0392. The molecule has 0 bridgehead atoms. The van der Waals surface area contributed by atoms with E-state index in [0.717, 1.165) is 12.2 Å². The third kappa shape index (κ3) is 3.50. The lowest BCUT2D eigenvalue weighted by Gasteiger charge is -2.27. The molecule has 0 fully saturated rings. The first kappa shape index (κ1) is 14.6. The van der Waals surface area contributed by atoms with Gasteiger partial charge in [-0.3, -0.25) is 15.1 Å². The van der Waals surface area contributed by atoms with Gasteiger partial charge in [-0.25, -0.2) is 0 Å². The van der Waals surface area contributed by atoms with Gasteiger partial charge in [-0.15, -0.1) is 0 Å². The summed E-state index contributed by atoms with van der Waals surface area (Å²) in [6.07, 6.45) is 1.34. The Bertz CT molecular complexity index is 390. The molecule has 1 heterocycles. The Labute approximate surface area is 108 Å². The van der Waals surface area contributed by atoms with Crippen LogP contribution in [-0.4, -0.2) is 22.5 Å². The zero-order chi connectivity index (χ0) is 13.7. The normalized spacial score (nSPS) is 14.5. The summed E-state index contributed by atoms with van der Waals surface area (Å²) in [6, 6.07) is 3.58. The first-order valence-corrected chi connectivity index (χ1v) is 6.31. The number of rotatable bonds is 6. The highest BCUT2D eigenvalue weighted by molar-refractivity contribution is 5.28. The van der Waals surface area contributed by atoms with Crippen molar-refractivity contribution < 1.29 is 4.92 Å². The van der Waals surface area contributed by atoms with Crippen molar-refractivity contribution in [1.29, 1.82) is 0 Å². The molecular formula is C13H21N3O2. The summed E-state index contributed by atoms with van der Waals surface area (Å²) >= 11 is 0. The van der Waals surface area contributed by atoms with E-state index in [4.69, 9.17) is 0 Å². The van der Waals surface area contributed by atoms with Crippen LogP contribution in [0.25, 0.3) is 0 Å². The molecule has 1 aromatic heterocycles. The van der Waals surface area contributed by atoms with Crippen molar-refractivity contribution in [3.8, 4) is 0 Å². The molecule has 0 radical (unpaired) electrons. The predicted molar refractivity (Wildman–Crippen MR) is 71.6 cm³/mol. The molecule has 0 aliphatic heterocycles. The standard InChI is InChI=1S/C13H21N3O2/c1-5-14-10(4)13(9(2)3)12-7-6-11(8-15-12)16(17)18/h6-10,13-14H,5H2,1-4H3. The zero-order valence-electron chi connectivity index (χ0n) is 11.4.